The first-order valence-corrected chi connectivity index (χ1v) is 8.17. The number of benzene rings is 1. The fourth-order valence-electron chi connectivity index (χ4n) is 3.32. The van der Waals surface area contributed by atoms with Crippen molar-refractivity contribution in [2.45, 2.75) is 18.8 Å². The topological polar surface area (TPSA) is 115 Å². The molecule has 1 fully saturated rings. The Balaban J connectivity index is 1.61. The fraction of sp³-hybridized carbons (Fsp3) is 0.294. The zero-order valence-electron chi connectivity index (χ0n) is 13.4. The highest BCUT2D eigenvalue weighted by atomic mass is 16.2. The first kappa shape index (κ1) is 15.4. The number of aromatic amines is 3. The quantitative estimate of drug-likeness (QED) is 0.603. The van der Waals surface area contributed by atoms with E-state index in [0.717, 1.165) is 18.7 Å². The Hall–Kier alpha value is -3.16. The van der Waals surface area contributed by atoms with Crippen molar-refractivity contribution in [1.29, 1.82) is 0 Å². The summed E-state index contributed by atoms with van der Waals surface area (Å²) in [7, 11) is 0. The summed E-state index contributed by atoms with van der Waals surface area (Å²) in [5.41, 5.74) is -0.0181. The minimum Gasteiger partial charge on any atom is -0.348 e. The van der Waals surface area contributed by atoms with Crippen LogP contribution in [0.15, 0.2) is 40.2 Å². The average molecular weight is 339 g/mol. The van der Waals surface area contributed by atoms with E-state index >= 15 is 0 Å². The lowest BCUT2D eigenvalue weighted by Crippen LogP contribution is -2.39. The Kier molecular flexibility index (Phi) is 3.72. The number of hydrogen-bond acceptors (Lipinski definition) is 4. The number of carbonyl (C=O) groups excluding carboxylic acids is 1. The molecule has 1 amide bonds. The molecule has 25 heavy (non-hydrogen) atoms. The molecule has 1 aliphatic rings. The molecule has 0 aliphatic carbocycles. The molecule has 1 aromatic carbocycles. The van der Waals surface area contributed by atoms with Gasteiger partial charge in [0.1, 0.15) is 5.82 Å². The Morgan fingerprint density at radius 3 is 2.72 bits per heavy atom. The third-order valence-corrected chi connectivity index (χ3v) is 4.58. The summed E-state index contributed by atoms with van der Waals surface area (Å²) < 4.78 is 0. The number of aromatic nitrogens is 4. The van der Waals surface area contributed by atoms with Crippen molar-refractivity contribution >= 4 is 16.9 Å². The summed E-state index contributed by atoms with van der Waals surface area (Å²) >= 11 is 0. The van der Waals surface area contributed by atoms with Gasteiger partial charge in [-0.05, 0) is 31.0 Å². The molecule has 3 N–H and O–H groups in total. The van der Waals surface area contributed by atoms with Gasteiger partial charge < -0.3 is 19.9 Å². The minimum atomic E-state index is -0.729. The lowest BCUT2D eigenvalue weighted by molar-refractivity contribution is 0.0705. The van der Waals surface area contributed by atoms with Crippen LogP contribution in [0.2, 0.25) is 0 Å². The zero-order chi connectivity index (χ0) is 17.4. The number of carbonyl (C=O) groups is 1. The number of piperidine rings is 1. The molecule has 4 rings (SSSR count). The van der Waals surface area contributed by atoms with E-state index in [9.17, 15) is 14.4 Å². The van der Waals surface area contributed by atoms with Gasteiger partial charge in [0.05, 0.1) is 11.0 Å². The van der Waals surface area contributed by atoms with E-state index < -0.39 is 11.1 Å². The molecular formula is C17H17N5O3. The van der Waals surface area contributed by atoms with E-state index in [-0.39, 0.29) is 11.8 Å². The lowest BCUT2D eigenvalue weighted by atomic mass is 9.96. The molecule has 1 saturated heterocycles. The van der Waals surface area contributed by atoms with Crippen molar-refractivity contribution in [3.63, 3.8) is 0 Å². The largest absolute Gasteiger partial charge is 0.348 e. The first-order valence-electron chi connectivity index (χ1n) is 8.17. The van der Waals surface area contributed by atoms with Crippen molar-refractivity contribution < 1.29 is 4.79 Å². The highest BCUT2D eigenvalue weighted by Gasteiger charge is 2.26. The molecule has 0 radical (unpaired) electrons. The van der Waals surface area contributed by atoms with Gasteiger partial charge in [0.15, 0.2) is 0 Å². The summed E-state index contributed by atoms with van der Waals surface area (Å²) in [6.45, 7) is 1.29. The highest BCUT2D eigenvalue weighted by Crippen LogP contribution is 2.25. The van der Waals surface area contributed by atoms with E-state index in [1.54, 1.807) is 30.6 Å². The molecule has 8 nitrogen and oxygen atoms in total. The van der Waals surface area contributed by atoms with Crippen LogP contribution in [0.3, 0.4) is 0 Å². The van der Waals surface area contributed by atoms with E-state index in [2.05, 4.69) is 19.9 Å². The number of hydrogen-bond donors (Lipinski definition) is 3. The van der Waals surface area contributed by atoms with E-state index in [1.165, 1.54) is 0 Å². The molecule has 2 aromatic heterocycles. The number of H-pyrrole nitrogens is 3. The Morgan fingerprint density at radius 2 is 1.96 bits per heavy atom. The molecule has 0 unspecified atom stereocenters. The molecule has 128 valence electrons. The zero-order valence-corrected chi connectivity index (χ0v) is 13.4. The highest BCUT2D eigenvalue weighted by molar-refractivity contribution is 5.97. The molecule has 0 spiro atoms. The number of rotatable bonds is 2. The maximum atomic E-state index is 12.8. The summed E-state index contributed by atoms with van der Waals surface area (Å²) in [5, 5.41) is 0. The maximum absolute atomic E-state index is 12.8. The number of imidazole rings is 1. The van der Waals surface area contributed by atoms with E-state index in [1.807, 2.05) is 4.90 Å². The van der Waals surface area contributed by atoms with Crippen LogP contribution in [-0.4, -0.2) is 43.8 Å². The minimum absolute atomic E-state index is 0.0924. The van der Waals surface area contributed by atoms with E-state index in [0.29, 0.717) is 29.7 Å². The third-order valence-electron chi connectivity index (χ3n) is 4.58. The number of nitrogens with one attached hydrogen (secondary N) is 3. The molecule has 1 atom stereocenters. The van der Waals surface area contributed by atoms with Crippen LogP contribution in [0.4, 0.5) is 0 Å². The van der Waals surface area contributed by atoms with Crippen molar-refractivity contribution in [3.05, 3.63) is 62.7 Å². The van der Waals surface area contributed by atoms with Crippen LogP contribution in [-0.2, 0) is 0 Å². The van der Waals surface area contributed by atoms with Gasteiger partial charge >= 0.3 is 11.1 Å². The molecule has 0 bridgehead atoms. The number of likely N-dealkylation sites (tertiary alicyclic amines) is 1. The van der Waals surface area contributed by atoms with Gasteiger partial charge in [-0.15, -0.1) is 0 Å². The predicted octanol–water partition coefficient (Wildman–Crippen LogP) is 0.959. The van der Waals surface area contributed by atoms with Gasteiger partial charge in [0.2, 0.25) is 0 Å². The molecule has 1 aliphatic heterocycles. The first-order chi connectivity index (χ1) is 12.1. The third kappa shape index (κ3) is 2.86. The number of fused-ring (bicyclic) bond motifs is 1. The summed E-state index contributed by atoms with van der Waals surface area (Å²) in [5.74, 6) is 1.01. The fourth-order valence-corrected chi connectivity index (χ4v) is 3.32. The van der Waals surface area contributed by atoms with Crippen LogP contribution in [0.5, 0.6) is 0 Å². The van der Waals surface area contributed by atoms with Crippen molar-refractivity contribution in [3.8, 4) is 0 Å². The van der Waals surface area contributed by atoms with Crippen molar-refractivity contribution in [2.75, 3.05) is 13.1 Å². The standard InChI is InChI=1S/C17H17N5O3/c23-15-16(24)21-13-8-10(3-4-12(13)20-15)17(25)22-7-1-2-11(9-22)14-18-5-6-19-14/h3-6,8,11H,1-2,7,9H2,(H,18,19)(H,20,23)(H,21,24)/t11-/m1/s1. The monoisotopic (exact) mass is 339 g/mol. The predicted molar refractivity (Wildman–Crippen MR) is 91.7 cm³/mol. The van der Waals surface area contributed by atoms with Crippen LogP contribution in [0, 0.1) is 0 Å². The molecule has 8 heteroatoms. The van der Waals surface area contributed by atoms with Gasteiger partial charge in [0, 0.05) is 37.0 Å². The second-order valence-electron chi connectivity index (χ2n) is 6.23. The van der Waals surface area contributed by atoms with Gasteiger partial charge in [-0.2, -0.15) is 0 Å². The lowest BCUT2D eigenvalue weighted by Gasteiger charge is -2.32. The van der Waals surface area contributed by atoms with Gasteiger partial charge in [-0.3, -0.25) is 14.4 Å². The van der Waals surface area contributed by atoms with Gasteiger partial charge in [-0.1, -0.05) is 0 Å². The smallest absolute Gasteiger partial charge is 0.314 e. The maximum Gasteiger partial charge on any atom is 0.314 e. The SMILES string of the molecule is O=C(c1ccc2[nH]c(=O)c(=O)[nH]c2c1)N1CCC[C@@H](c2ncc[nH]2)C1. The molecule has 3 aromatic rings. The van der Waals surface area contributed by atoms with Crippen LogP contribution < -0.4 is 11.1 Å². The van der Waals surface area contributed by atoms with Gasteiger partial charge in [-0.25, -0.2) is 4.98 Å². The van der Waals surface area contributed by atoms with Gasteiger partial charge in [0.25, 0.3) is 5.91 Å². The normalized spacial score (nSPS) is 17.8. The number of nitrogens with zero attached hydrogens (tertiary/aromatic N) is 2. The van der Waals surface area contributed by atoms with Crippen LogP contribution >= 0.6 is 0 Å². The number of amides is 1. The van der Waals surface area contributed by atoms with Crippen LogP contribution in [0.25, 0.3) is 11.0 Å². The molecule has 3 heterocycles. The van der Waals surface area contributed by atoms with E-state index in [4.69, 9.17) is 0 Å². The second kappa shape index (κ2) is 6.04. The average Bonchev–Trinajstić information content (AvgIpc) is 3.16. The molecule has 0 saturated carbocycles. The Labute approximate surface area is 141 Å². The summed E-state index contributed by atoms with van der Waals surface area (Å²) in [4.78, 5) is 49.9. The summed E-state index contributed by atoms with van der Waals surface area (Å²) in [6.07, 6.45) is 5.41. The summed E-state index contributed by atoms with van der Waals surface area (Å²) in [6, 6.07) is 4.90. The van der Waals surface area contributed by atoms with Crippen molar-refractivity contribution in [1.82, 2.24) is 24.8 Å². The second-order valence-corrected chi connectivity index (χ2v) is 6.23. The molecular weight excluding hydrogens is 322 g/mol. The Morgan fingerprint density at radius 1 is 1.16 bits per heavy atom. The van der Waals surface area contributed by atoms with Crippen molar-refractivity contribution in [2.24, 2.45) is 0 Å². The van der Waals surface area contributed by atoms with Crippen LogP contribution in [0.1, 0.15) is 34.9 Å². The Bertz CT molecular complexity index is 1030.